The van der Waals surface area contributed by atoms with Crippen molar-refractivity contribution < 1.29 is 17.9 Å². The lowest BCUT2D eigenvalue weighted by atomic mass is 10.1. The van der Waals surface area contributed by atoms with Gasteiger partial charge in [-0.1, -0.05) is 6.07 Å². The summed E-state index contributed by atoms with van der Waals surface area (Å²) in [6.07, 6.45) is 1.39. The summed E-state index contributed by atoms with van der Waals surface area (Å²) in [6, 6.07) is 7.49. The molecule has 2 rings (SSSR count). The first-order valence-electron chi connectivity index (χ1n) is 6.17. The zero-order valence-electron chi connectivity index (χ0n) is 11.2. The summed E-state index contributed by atoms with van der Waals surface area (Å²) in [5, 5.41) is 0. The Morgan fingerprint density at radius 2 is 2.00 bits per heavy atom. The molecule has 0 spiro atoms. The summed E-state index contributed by atoms with van der Waals surface area (Å²) in [5.74, 6) is 1.76. The minimum atomic E-state index is -2.88. The van der Waals surface area contributed by atoms with Crippen LogP contribution >= 0.6 is 0 Å². The van der Waals surface area contributed by atoms with Crippen LogP contribution in [-0.2, 0) is 9.84 Å². The third-order valence-corrected chi connectivity index (χ3v) is 3.97. The summed E-state index contributed by atoms with van der Waals surface area (Å²) in [6.45, 7) is 2.12. The Hall–Kier alpha value is -1.27. The van der Waals surface area contributed by atoms with Crippen molar-refractivity contribution in [3.63, 3.8) is 0 Å². The van der Waals surface area contributed by atoms with Gasteiger partial charge in [-0.2, -0.15) is 0 Å². The van der Waals surface area contributed by atoms with Gasteiger partial charge in [-0.25, -0.2) is 8.42 Å². The molecule has 0 aliphatic carbocycles. The summed E-state index contributed by atoms with van der Waals surface area (Å²) in [4.78, 5) is 2.08. The maximum absolute atomic E-state index is 11.0. The van der Waals surface area contributed by atoms with Crippen molar-refractivity contribution in [1.29, 1.82) is 0 Å². The van der Waals surface area contributed by atoms with Crippen molar-refractivity contribution in [2.45, 2.75) is 6.10 Å². The van der Waals surface area contributed by atoms with E-state index in [1.807, 2.05) is 24.3 Å². The molecule has 0 unspecified atom stereocenters. The van der Waals surface area contributed by atoms with Crippen LogP contribution in [0.25, 0.3) is 0 Å². The van der Waals surface area contributed by atoms with Gasteiger partial charge in [0.05, 0.1) is 12.9 Å². The number of hydrogen-bond donors (Lipinski definition) is 0. The van der Waals surface area contributed by atoms with Gasteiger partial charge in [0, 0.05) is 32.0 Å². The summed E-state index contributed by atoms with van der Waals surface area (Å²) >= 11 is 0. The number of ether oxygens (including phenoxy) is 2. The number of methoxy groups -OCH3 is 1. The normalized spacial score (nSPS) is 16.9. The number of nitrogens with zero attached hydrogens (tertiary/aromatic N) is 1. The SMILES string of the molecule is COc1cccc(OC2CN(CCS(C)(=O)=O)C2)c1. The fourth-order valence-corrected chi connectivity index (χ4v) is 2.53. The third-order valence-electron chi connectivity index (χ3n) is 3.05. The minimum Gasteiger partial charge on any atom is -0.497 e. The average Bonchev–Trinajstić information content (AvgIpc) is 2.31. The first-order chi connectivity index (χ1) is 8.96. The predicted octanol–water partition coefficient (Wildman–Crippen LogP) is 0.803. The van der Waals surface area contributed by atoms with Gasteiger partial charge in [-0.05, 0) is 12.1 Å². The number of rotatable bonds is 6. The van der Waals surface area contributed by atoms with Crippen molar-refractivity contribution in [2.24, 2.45) is 0 Å². The minimum absolute atomic E-state index is 0.131. The van der Waals surface area contributed by atoms with Crippen molar-refractivity contribution >= 4 is 9.84 Å². The molecular formula is C13H19NO4S. The number of sulfone groups is 1. The number of hydrogen-bond acceptors (Lipinski definition) is 5. The molecule has 0 N–H and O–H groups in total. The van der Waals surface area contributed by atoms with E-state index in [2.05, 4.69) is 4.90 Å². The van der Waals surface area contributed by atoms with E-state index >= 15 is 0 Å². The highest BCUT2D eigenvalue weighted by Crippen LogP contribution is 2.22. The Balaban J connectivity index is 1.75. The molecule has 1 aromatic rings. The van der Waals surface area contributed by atoms with E-state index < -0.39 is 9.84 Å². The fourth-order valence-electron chi connectivity index (χ4n) is 1.94. The molecule has 0 aromatic heterocycles. The van der Waals surface area contributed by atoms with Gasteiger partial charge in [-0.15, -0.1) is 0 Å². The summed E-state index contributed by atoms with van der Waals surface area (Å²) in [5.41, 5.74) is 0. The Bertz CT molecular complexity index is 523. The van der Waals surface area contributed by atoms with Gasteiger partial charge in [-0.3, -0.25) is 4.90 Å². The van der Waals surface area contributed by atoms with Crippen LogP contribution in [0.5, 0.6) is 11.5 Å². The molecular weight excluding hydrogens is 266 g/mol. The zero-order valence-corrected chi connectivity index (χ0v) is 12.0. The lowest BCUT2D eigenvalue weighted by molar-refractivity contribution is 0.0242. The second-order valence-corrected chi connectivity index (χ2v) is 7.07. The van der Waals surface area contributed by atoms with Gasteiger partial charge >= 0.3 is 0 Å². The topological polar surface area (TPSA) is 55.8 Å². The first-order valence-corrected chi connectivity index (χ1v) is 8.23. The Morgan fingerprint density at radius 3 is 2.63 bits per heavy atom. The van der Waals surface area contributed by atoms with Crippen LogP contribution in [0.1, 0.15) is 0 Å². The van der Waals surface area contributed by atoms with Crippen molar-refractivity contribution in [2.75, 3.05) is 38.8 Å². The molecule has 1 fully saturated rings. The highest BCUT2D eigenvalue weighted by atomic mass is 32.2. The molecule has 1 aliphatic heterocycles. The van der Waals surface area contributed by atoms with Gasteiger partial charge in [0.25, 0.3) is 0 Å². The molecule has 1 aliphatic rings. The van der Waals surface area contributed by atoms with Gasteiger partial charge < -0.3 is 9.47 Å². The molecule has 1 saturated heterocycles. The van der Waals surface area contributed by atoms with E-state index in [4.69, 9.17) is 9.47 Å². The smallest absolute Gasteiger partial charge is 0.148 e. The van der Waals surface area contributed by atoms with Crippen LogP contribution in [0.4, 0.5) is 0 Å². The molecule has 0 radical (unpaired) electrons. The highest BCUT2D eigenvalue weighted by molar-refractivity contribution is 7.90. The van der Waals surface area contributed by atoms with Crippen molar-refractivity contribution in [3.05, 3.63) is 24.3 Å². The molecule has 106 valence electrons. The van der Waals surface area contributed by atoms with Crippen LogP contribution in [0.3, 0.4) is 0 Å². The zero-order chi connectivity index (χ0) is 13.9. The van der Waals surface area contributed by atoms with E-state index in [0.717, 1.165) is 24.6 Å². The van der Waals surface area contributed by atoms with Crippen LogP contribution in [-0.4, -0.2) is 58.2 Å². The predicted molar refractivity (Wildman–Crippen MR) is 73.6 cm³/mol. The Kier molecular flexibility index (Phi) is 4.31. The summed E-state index contributed by atoms with van der Waals surface area (Å²) in [7, 11) is -1.26. The van der Waals surface area contributed by atoms with E-state index in [1.54, 1.807) is 7.11 Å². The molecule has 6 heteroatoms. The lowest BCUT2D eigenvalue weighted by Crippen LogP contribution is -2.54. The maximum atomic E-state index is 11.0. The van der Waals surface area contributed by atoms with Crippen LogP contribution < -0.4 is 9.47 Å². The second kappa shape index (κ2) is 5.79. The molecule has 0 atom stereocenters. The Labute approximate surface area is 114 Å². The molecule has 5 nitrogen and oxygen atoms in total. The van der Waals surface area contributed by atoms with Crippen LogP contribution in [0, 0.1) is 0 Å². The monoisotopic (exact) mass is 285 g/mol. The molecule has 0 bridgehead atoms. The standard InChI is InChI=1S/C13H19NO4S/c1-17-11-4-3-5-12(8-11)18-13-9-14(10-13)6-7-19(2,15)16/h3-5,8,13H,6-7,9-10H2,1-2H3. The quantitative estimate of drug-likeness (QED) is 0.774. The van der Waals surface area contributed by atoms with E-state index in [-0.39, 0.29) is 11.9 Å². The van der Waals surface area contributed by atoms with E-state index in [1.165, 1.54) is 6.26 Å². The van der Waals surface area contributed by atoms with Gasteiger partial charge in [0.15, 0.2) is 0 Å². The first kappa shape index (κ1) is 14.1. The highest BCUT2D eigenvalue weighted by Gasteiger charge is 2.28. The fraction of sp³-hybridized carbons (Fsp3) is 0.538. The largest absolute Gasteiger partial charge is 0.497 e. The van der Waals surface area contributed by atoms with Crippen molar-refractivity contribution in [3.8, 4) is 11.5 Å². The van der Waals surface area contributed by atoms with Crippen molar-refractivity contribution in [1.82, 2.24) is 4.90 Å². The Morgan fingerprint density at radius 1 is 1.32 bits per heavy atom. The van der Waals surface area contributed by atoms with E-state index in [0.29, 0.717) is 6.54 Å². The van der Waals surface area contributed by atoms with Crippen LogP contribution in [0.2, 0.25) is 0 Å². The lowest BCUT2D eigenvalue weighted by Gasteiger charge is -2.38. The molecule has 0 saturated carbocycles. The maximum Gasteiger partial charge on any atom is 0.148 e. The summed E-state index contributed by atoms with van der Waals surface area (Å²) < 4.78 is 33.0. The van der Waals surface area contributed by atoms with Gasteiger partial charge in [0.1, 0.15) is 27.4 Å². The average molecular weight is 285 g/mol. The second-order valence-electron chi connectivity index (χ2n) is 4.81. The third kappa shape index (κ3) is 4.40. The van der Waals surface area contributed by atoms with Gasteiger partial charge in [0.2, 0.25) is 0 Å². The van der Waals surface area contributed by atoms with Crippen LogP contribution in [0.15, 0.2) is 24.3 Å². The molecule has 0 amide bonds. The number of likely N-dealkylation sites (tertiary alicyclic amines) is 1. The molecule has 1 aromatic carbocycles. The van der Waals surface area contributed by atoms with E-state index in [9.17, 15) is 8.42 Å². The molecule has 1 heterocycles. The number of benzene rings is 1. The molecule has 19 heavy (non-hydrogen) atoms.